The summed E-state index contributed by atoms with van der Waals surface area (Å²) in [5.74, 6) is -0.554. The number of ketones is 1. The van der Waals surface area contributed by atoms with Gasteiger partial charge in [0.2, 0.25) is 0 Å². The zero-order chi connectivity index (χ0) is 47.3. The van der Waals surface area contributed by atoms with Gasteiger partial charge in [-0.3, -0.25) is 4.79 Å². The van der Waals surface area contributed by atoms with Crippen LogP contribution >= 0.6 is 0 Å². The van der Waals surface area contributed by atoms with Crippen LogP contribution in [0.15, 0.2) is 24.3 Å². The standard InChI is InChI=1S/C52H86O12Si2/c1-29-21-33-15-17-38-30(2)22-35(56-38)19-20-52-27-43-46(62-52)47-48(61-43)49(63-52)45-39(60-47)18-16-34(58-45)23-32(53)24-37-41(26-40(57-33)31(29)3)59-42(44(37)54-10)25-36(64-66(13,14)51(7,8)9)28-55-65(11,12)50(4,5)6/h29,33-49H,2-3,15-28H2,1,4-14H3/t29?,33?,34?,35?,36?,37?,38?,39?,40?,41-,42+,43?,44+,45-,46?,47-,48?,49?,52?/m0/s1. The molecule has 0 N–H and O–H groups in total. The summed E-state index contributed by atoms with van der Waals surface area (Å²) in [6.07, 6.45) is 5.96. The van der Waals surface area contributed by atoms with Crippen molar-refractivity contribution in [3.8, 4) is 0 Å². The Hall–Kier alpha value is -0.856. The van der Waals surface area contributed by atoms with Crippen LogP contribution in [-0.2, 0) is 56.3 Å². The molecular weight excluding hydrogens is 873 g/mol. The molecule has 10 heterocycles. The average molecular weight is 959 g/mol. The molecule has 0 radical (unpaired) electrons. The first-order valence-corrected chi connectivity index (χ1v) is 31.8. The van der Waals surface area contributed by atoms with Crippen molar-refractivity contribution in [3.63, 3.8) is 0 Å². The molecule has 12 nitrogen and oxygen atoms in total. The molecule has 12 bridgehead atoms. The van der Waals surface area contributed by atoms with E-state index in [1.54, 1.807) is 7.11 Å². The van der Waals surface area contributed by atoms with Crippen LogP contribution in [0.4, 0.5) is 0 Å². The van der Waals surface area contributed by atoms with E-state index in [9.17, 15) is 4.79 Å². The van der Waals surface area contributed by atoms with Gasteiger partial charge in [0.05, 0.1) is 73.8 Å². The Bertz CT molecular complexity index is 1790. The summed E-state index contributed by atoms with van der Waals surface area (Å²) in [7, 11) is -2.55. The van der Waals surface area contributed by atoms with Crippen molar-refractivity contribution in [2.75, 3.05) is 13.7 Å². The molecule has 19 atom stereocenters. The van der Waals surface area contributed by atoms with E-state index in [0.717, 1.165) is 56.1 Å². The van der Waals surface area contributed by atoms with Crippen molar-refractivity contribution >= 4 is 22.4 Å². The molecular formula is C52H86O12Si2. The fourth-order valence-corrected chi connectivity index (χ4v) is 14.8. The Kier molecular flexibility index (Phi) is 14.1. The van der Waals surface area contributed by atoms with Crippen LogP contribution in [0.1, 0.15) is 132 Å². The number of rotatable bonds is 8. The Morgan fingerprint density at radius 3 is 2.09 bits per heavy atom. The van der Waals surface area contributed by atoms with E-state index in [1.165, 1.54) is 0 Å². The SMILES string of the molecule is C=C1CC2CCC34CC5OC6C(O3)[C@H]3OC(CCC3O[C@H]6C5O4)CC(=O)CC3[C@H](CC4OC(CCC1O2)CC(C)C4=C)O[C@H](CC(CO[Si](C)(C)C(C)(C)C)O[Si](C)(C)C(C)(C)C)[C@@H]3OC. The maximum atomic E-state index is 14.6. The van der Waals surface area contributed by atoms with E-state index < -0.39 is 22.4 Å². The molecule has 0 aliphatic carbocycles. The fraction of sp³-hybridized carbons (Fsp3) is 0.904. The minimum atomic E-state index is -2.22. The van der Waals surface area contributed by atoms with Crippen molar-refractivity contribution in [1.29, 1.82) is 0 Å². The molecule has 374 valence electrons. The first-order valence-electron chi connectivity index (χ1n) is 25.9. The Balaban J connectivity index is 0.993. The third-order valence-electron chi connectivity index (χ3n) is 18.4. The molecule has 14 unspecified atom stereocenters. The molecule has 0 aromatic carbocycles. The van der Waals surface area contributed by atoms with Crippen LogP contribution in [0, 0.1) is 11.8 Å². The van der Waals surface area contributed by atoms with Gasteiger partial charge in [0, 0.05) is 51.6 Å². The first kappa shape index (κ1) is 50.1. The highest BCUT2D eigenvalue weighted by atomic mass is 28.4. The van der Waals surface area contributed by atoms with E-state index in [0.29, 0.717) is 45.1 Å². The lowest BCUT2D eigenvalue weighted by Crippen LogP contribution is -2.61. The van der Waals surface area contributed by atoms with Gasteiger partial charge in [0.15, 0.2) is 22.4 Å². The zero-order valence-corrected chi connectivity index (χ0v) is 44.6. The predicted octanol–water partition coefficient (Wildman–Crippen LogP) is 9.53. The van der Waals surface area contributed by atoms with Gasteiger partial charge in [-0.15, -0.1) is 0 Å². The van der Waals surface area contributed by atoms with Crippen molar-refractivity contribution in [3.05, 3.63) is 24.3 Å². The number of ether oxygens (including phenoxy) is 9. The number of hydrogen-bond acceptors (Lipinski definition) is 12. The molecule has 0 saturated carbocycles. The van der Waals surface area contributed by atoms with E-state index >= 15 is 0 Å². The summed E-state index contributed by atoms with van der Waals surface area (Å²) in [6, 6.07) is 0. The van der Waals surface area contributed by atoms with Gasteiger partial charge >= 0.3 is 0 Å². The number of carbonyl (C=O) groups is 1. The minimum Gasteiger partial charge on any atom is -0.414 e. The van der Waals surface area contributed by atoms with Crippen molar-refractivity contribution in [2.45, 2.75) is 272 Å². The Labute approximate surface area is 398 Å². The zero-order valence-electron chi connectivity index (χ0n) is 42.6. The molecule has 10 rings (SSSR count). The van der Waals surface area contributed by atoms with Crippen LogP contribution in [0.5, 0.6) is 0 Å². The minimum absolute atomic E-state index is 0.00884. The molecule has 10 aliphatic rings. The summed E-state index contributed by atoms with van der Waals surface area (Å²) >= 11 is 0. The molecule has 10 aliphatic heterocycles. The highest BCUT2D eigenvalue weighted by Crippen LogP contribution is 2.55. The summed E-state index contributed by atoms with van der Waals surface area (Å²) in [4.78, 5) is 14.6. The average Bonchev–Trinajstić information content (AvgIpc) is 3.90. The lowest BCUT2D eigenvalue weighted by Gasteiger charge is -2.47. The number of fused-ring (bicyclic) bond motifs is 6. The second kappa shape index (κ2) is 18.6. The van der Waals surface area contributed by atoms with Gasteiger partial charge in [-0.25, -0.2) is 0 Å². The van der Waals surface area contributed by atoms with Crippen LogP contribution in [-0.4, -0.2) is 140 Å². The van der Waals surface area contributed by atoms with Gasteiger partial charge in [-0.05, 0) is 98.3 Å². The van der Waals surface area contributed by atoms with E-state index in [2.05, 4.69) is 87.8 Å². The quantitative estimate of drug-likeness (QED) is 0.170. The molecule has 66 heavy (non-hydrogen) atoms. The maximum absolute atomic E-state index is 14.6. The van der Waals surface area contributed by atoms with Gasteiger partial charge in [0.1, 0.15) is 36.3 Å². The maximum Gasteiger partial charge on any atom is 0.192 e. The number of carbonyl (C=O) groups excluding carboxylic acids is 1. The highest BCUT2D eigenvalue weighted by molar-refractivity contribution is 6.74. The van der Waals surface area contributed by atoms with Crippen molar-refractivity contribution < 1.29 is 56.3 Å². The van der Waals surface area contributed by atoms with Crippen LogP contribution in [0.3, 0.4) is 0 Å². The number of Topliss-reactive ketones (excluding diaryl/α,β-unsaturated/α-hetero) is 1. The topological polar surface area (TPSA) is 119 Å². The van der Waals surface area contributed by atoms with E-state index in [1.807, 2.05) is 0 Å². The normalized spacial score (nSPS) is 44.9. The molecule has 10 fully saturated rings. The molecule has 10 saturated heterocycles. The monoisotopic (exact) mass is 959 g/mol. The van der Waals surface area contributed by atoms with E-state index in [4.69, 9.17) is 51.5 Å². The summed E-state index contributed by atoms with van der Waals surface area (Å²) in [5.41, 5.74) is 2.25. The predicted molar refractivity (Wildman–Crippen MR) is 256 cm³/mol. The van der Waals surface area contributed by atoms with Gasteiger partial charge < -0.3 is 51.5 Å². The van der Waals surface area contributed by atoms with Crippen molar-refractivity contribution in [2.24, 2.45) is 11.8 Å². The molecule has 0 aromatic heterocycles. The second-order valence-electron chi connectivity index (χ2n) is 25.1. The Morgan fingerprint density at radius 2 is 1.36 bits per heavy atom. The number of methoxy groups -OCH3 is 1. The van der Waals surface area contributed by atoms with Gasteiger partial charge in [0.25, 0.3) is 0 Å². The summed E-state index contributed by atoms with van der Waals surface area (Å²) < 4.78 is 76.0. The van der Waals surface area contributed by atoms with Gasteiger partial charge in [-0.2, -0.15) is 0 Å². The third-order valence-corrected chi connectivity index (χ3v) is 27.4. The van der Waals surface area contributed by atoms with Crippen LogP contribution in [0.2, 0.25) is 36.3 Å². The largest absolute Gasteiger partial charge is 0.414 e. The Morgan fingerprint density at radius 1 is 0.697 bits per heavy atom. The molecule has 0 aromatic rings. The molecule has 0 amide bonds. The highest BCUT2D eigenvalue weighted by Gasteiger charge is 2.69. The lowest BCUT2D eigenvalue weighted by atomic mass is 9.81. The van der Waals surface area contributed by atoms with E-state index in [-0.39, 0.29) is 125 Å². The van der Waals surface area contributed by atoms with Crippen LogP contribution in [0.25, 0.3) is 0 Å². The lowest BCUT2D eigenvalue weighted by molar-refractivity contribution is -0.292. The second-order valence-corrected chi connectivity index (χ2v) is 34.7. The molecule has 14 heteroatoms. The van der Waals surface area contributed by atoms with Gasteiger partial charge in [-0.1, -0.05) is 61.6 Å². The smallest absolute Gasteiger partial charge is 0.192 e. The first-order chi connectivity index (χ1) is 30.9. The van der Waals surface area contributed by atoms with Crippen molar-refractivity contribution in [1.82, 2.24) is 0 Å². The number of hydrogen-bond donors (Lipinski definition) is 0. The fourth-order valence-electron chi connectivity index (χ4n) is 12.4. The summed E-state index contributed by atoms with van der Waals surface area (Å²) in [6.45, 7) is 34.8. The summed E-state index contributed by atoms with van der Waals surface area (Å²) in [5, 5.41) is 0.0634. The van der Waals surface area contributed by atoms with Crippen LogP contribution < -0.4 is 0 Å². The third kappa shape index (κ3) is 9.87. The molecule has 1 spiro atoms.